The Morgan fingerprint density at radius 2 is 1.90 bits per heavy atom. The number of carbonyl (C=O) groups excluding carboxylic acids is 1. The van der Waals surface area contributed by atoms with E-state index in [1.165, 1.54) is 11.8 Å². The van der Waals surface area contributed by atoms with Gasteiger partial charge in [-0.25, -0.2) is 0 Å². The molecule has 0 aliphatic heterocycles. The summed E-state index contributed by atoms with van der Waals surface area (Å²) < 4.78 is 7.12. The molecule has 1 N–H and O–H groups in total. The highest BCUT2D eigenvalue weighted by Gasteiger charge is 2.17. The fourth-order valence-corrected chi connectivity index (χ4v) is 3.56. The topological polar surface area (TPSA) is 85.8 Å². The molecular formula is C20H16ClN5O2S. The van der Waals surface area contributed by atoms with Crippen molar-refractivity contribution in [3.05, 3.63) is 78.0 Å². The summed E-state index contributed by atoms with van der Waals surface area (Å²) in [4.78, 5) is 16.3. The molecule has 4 rings (SSSR count). The maximum atomic E-state index is 12.2. The molecule has 9 heteroatoms. The van der Waals surface area contributed by atoms with Crippen LogP contribution in [0.1, 0.15) is 5.76 Å². The Morgan fingerprint density at radius 3 is 2.62 bits per heavy atom. The van der Waals surface area contributed by atoms with E-state index < -0.39 is 0 Å². The first-order chi connectivity index (χ1) is 14.2. The molecule has 0 spiro atoms. The van der Waals surface area contributed by atoms with Crippen molar-refractivity contribution < 1.29 is 9.21 Å². The van der Waals surface area contributed by atoms with E-state index in [0.29, 0.717) is 28.3 Å². The number of furan rings is 1. The zero-order chi connectivity index (χ0) is 20.1. The number of pyridine rings is 1. The lowest BCUT2D eigenvalue weighted by Crippen LogP contribution is -2.24. The number of aromatic nitrogens is 4. The van der Waals surface area contributed by atoms with Gasteiger partial charge >= 0.3 is 0 Å². The number of halogens is 1. The van der Waals surface area contributed by atoms with Crippen LogP contribution in [-0.2, 0) is 11.3 Å². The largest absolute Gasteiger partial charge is 0.467 e. The zero-order valence-corrected chi connectivity index (χ0v) is 16.7. The van der Waals surface area contributed by atoms with E-state index in [1.807, 2.05) is 34.9 Å². The predicted octanol–water partition coefficient (Wildman–Crippen LogP) is 3.98. The predicted molar refractivity (Wildman–Crippen MR) is 111 cm³/mol. The van der Waals surface area contributed by atoms with E-state index in [2.05, 4.69) is 20.5 Å². The first kappa shape index (κ1) is 19.2. The highest BCUT2D eigenvalue weighted by Crippen LogP contribution is 2.28. The van der Waals surface area contributed by atoms with Gasteiger partial charge in [0.1, 0.15) is 5.76 Å². The van der Waals surface area contributed by atoms with E-state index >= 15 is 0 Å². The van der Waals surface area contributed by atoms with Crippen LogP contribution in [-0.4, -0.2) is 31.4 Å². The van der Waals surface area contributed by atoms with Crippen molar-refractivity contribution in [2.75, 3.05) is 5.75 Å². The number of benzene rings is 1. The van der Waals surface area contributed by atoms with Crippen molar-refractivity contribution in [1.82, 2.24) is 25.1 Å². The number of rotatable bonds is 7. The van der Waals surface area contributed by atoms with Gasteiger partial charge < -0.3 is 9.73 Å². The summed E-state index contributed by atoms with van der Waals surface area (Å²) in [5.41, 5.74) is 1.72. The summed E-state index contributed by atoms with van der Waals surface area (Å²) >= 11 is 7.34. The second-order valence-corrected chi connectivity index (χ2v) is 7.38. The number of hydrogen-bond donors (Lipinski definition) is 1. The smallest absolute Gasteiger partial charge is 0.230 e. The second kappa shape index (κ2) is 8.93. The Kier molecular flexibility index (Phi) is 5.92. The van der Waals surface area contributed by atoms with Gasteiger partial charge in [0, 0.05) is 28.7 Å². The van der Waals surface area contributed by atoms with Gasteiger partial charge in [0.05, 0.1) is 18.6 Å². The van der Waals surface area contributed by atoms with Gasteiger partial charge in [0.2, 0.25) is 5.91 Å². The Morgan fingerprint density at radius 1 is 1.10 bits per heavy atom. The third kappa shape index (κ3) is 4.67. The summed E-state index contributed by atoms with van der Waals surface area (Å²) in [5.74, 6) is 1.44. The molecule has 0 saturated carbocycles. The Balaban J connectivity index is 1.55. The summed E-state index contributed by atoms with van der Waals surface area (Å²) in [5, 5.41) is 12.7. The normalized spacial score (nSPS) is 10.8. The monoisotopic (exact) mass is 425 g/mol. The van der Waals surface area contributed by atoms with E-state index in [1.54, 1.807) is 36.9 Å². The van der Waals surface area contributed by atoms with Crippen LogP contribution in [0.5, 0.6) is 0 Å². The maximum Gasteiger partial charge on any atom is 0.230 e. The van der Waals surface area contributed by atoms with Gasteiger partial charge in [0.25, 0.3) is 0 Å². The molecule has 1 aromatic carbocycles. The van der Waals surface area contributed by atoms with E-state index in [9.17, 15) is 4.79 Å². The van der Waals surface area contributed by atoms with Crippen LogP contribution < -0.4 is 5.32 Å². The number of amides is 1. The van der Waals surface area contributed by atoms with Crippen LogP contribution in [0.2, 0.25) is 5.02 Å². The number of thioether (sulfide) groups is 1. The molecule has 0 atom stereocenters. The Hall–Kier alpha value is -3.10. The lowest BCUT2D eigenvalue weighted by atomic mass is 10.2. The first-order valence-electron chi connectivity index (χ1n) is 8.74. The summed E-state index contributed by atoms with van der Waals surface area (Å²) in [6.07, 6.45) is 4.97. The molecule has 0 aliphatic carbocycles. The van der Waals surface area contributed by atoms with Crippen LogP contribution in [0.4, 0.5) is 0 Å². The molecule has 0 unspecified atom stereocenters. The molecule has 0 bridgehead atoms. The fraction of sp³-hybridized carbons (Fsp3) is 0.100. The van der Waals surface area contributed by atoms with Crippen LogP contribution >= 0.6 is 23.4 Å². The fourth-order valence-electron chi connectivity index (χ4n) is 2.65. The van der Waals surface area contributed by atoms with E-state index in [0.717, 1.165) is 11.3 Å². The molecule has 29 heavy (non-hydrogen) atoms. The molecule has 1 amide bonds. The maximum absolute atomic E-state index is 12.2. The minimum Gasteiger partial charge on any atom is -0.467 e. The van der Waals surface area contributed by atoms with Crippen LogP contribution in [0.25, 0.3) is 17.1 Å². The minimum absolute atomic E-state index is 0.123. The molecule has 3 heterocycles. The van der Waals surface area contributed by atoms with Crippen LogP contribution in [0.15, 0.2) is 76.8 Å². The third-order valence-corrected chi connectivity index (χ3v) is 5.21. The van der Waals surface area contributed by atoms with Crippen molar-refractivity contribution >= 4 is 29.3 Å². The molecule has 0 fully saturated rings. The van der Waals surface area contributed by atoms with Crippen molar-refractivity contribution in [2.24, 2.45) is 0 Å². The molecule has 146 valence electrons. The van der Waals surface area contributed by atoms with Gasteiger partial charge in [-0.3, -0.25) is 14.3 Å². The van der Waals surface area contributed by atoms with Gasteiger partial charge in [-0.05, 0) is 48.5 Å². The highest BCUT2D eigenvalue weighted by atomic mass is 35.5. The number of hydrogen-bond acceptors (Lipinski definition) is 6. The number of nitrogens with zero attached hydrogens (tertiary/aromatic N) is 4. The van der Waals surface area contributed by atoms with Crippen LogP contribution in [0.3, 0.4) is 0 Å². The van der Waals surface area contributed by atoms with Crippen LogP contribution in [0, 0.1) is 0 Å². The molecule has 0 radical (unpaired) electrons. The van der Waals surface area contributed by atoms with E-state index in [4.69, 9.17) is 16.0 Å². The molecule has 7 nitrogen and oxygen atoms in total. The van der Waals surface area contributed by atoms with Gasteiger partial charge in [-0.1, -0.05) is 23.4 Å². The lowest BCUT2D eigenvalue weighted by molar-refractivity contribution is -0.118. The summed E-state index contributed by atoms with van der Waals surface area (Å²) in [6.45, 7) is 0.346. The minimum atomic E-state index is -0.123. The molecule has 3 aromatic heterocycles. The number of carbonyl (C=O) groups is 1. The summed E-state index contributed by atoms with van der Waals surface area (Å²) in [7, 11) is 0. The summed E-state index contributed by atoms with van der Waals surface area (Å²) in [6, 6.07) is 14.7. The standard InChI is InChI=1S/C20H16ClN5O2S/c21-15-3-5-16(6-4-15)26-19(14-7-9-22-10-8-14)24-25-20(26)29-13-18(27)23-12-17-2-1-11-28-17/h1-11H,12-13H2,(H,23,27). The molecule has 4 aromatic rings. The van der Waals surface area contributed by atoms with E-state index in [-0.39, 0.29) is 11.7 Å². The quantitative estimate of drug-likeness (QED) is 0.451. The lowest BCUT2D eigenvalue weighted by Gasteiger charge is -2.10. The Labute approximate surface area is 176 Å². The van der Waals surface area contributed by atoms with Crippen molar-refractivity contribution in [3.8, 4) is 17.1 Å². The first-order valence-corrected chi connectivity index (χ1v) is 10.1. The van der Waals surface area contributed by atoms with Crippen molar-refractivity contribution in [3.63, 3.8) is 0 Å². The number of nitrogens with one attached hydrogen (secondary N) is 1. The Bertz CT molecular complexity index is 1080. The van der Waals surface area contributed by atoms with Crippen molar-refractivity contribution in [1.29, 1.82) is 0 Å². The van der Waals surface area contributed by atoms with Gasteiger partial charge in [-0.2, -0.15) is 0 Å². The third-order valence-electron chi connectivity index (χ3n) is 4.03. The second-order valence-electron chi connectivity index (χ2n) is 6.00. The van der Waals surface area contributed by atoms with Gasteiger partial charge in [-0.15, -0.1) is 10.2 Å². The molecular weight excluding hydrogens is 410 g/mol. The average Bonchev–Trinajstić information content (AvgIpc) is 3.42. The molecule has 0 saturated heterocycles. The SMILES string of the molecule is O=C(CSc1nnc(-c2ccncc2)n1-c1ccc(Cl)cc1)NCc1ccco1. The van der Waals surface area contributed by atoms with Gasteiger partial charge in [0.15, 0.2) is 11.0 Å². The molecule has 0 aliphatic rings. The average molecular weight is 426 g/mol. The highest BCUT2D eigenvalue weighted by molar-refractivity contribution is 7.99. The zero-order valence-electron chi connectivity index (χ0n) is 15.2. The van der Waals surface area contributed by atoms with Crippen molar-refractivity contribution in [2.45, 2.75) is 11.7 Å².